The van der Waals surface area contributed by atoms with E-state index in [9.17, 15) is 9.59 Å². The van der Waals surface area contributed by atoms with Gasteiger partial charge in [0.05, 0.1) is 26.4 Å². The van der Waals surface area contributed by atoms with E-state index in [0.717, 1.165) is 11.1 Å². The average molecular weight is 399 g/mol. The molecule has 0 aromatic heterocycles. The Morgan fingerprint density at radius 2 is 1.71 bits per heavy atom. The largest absolute Gasteiger partial charge is 0.466 e. The first-order valence-electron chi connectivity index (χ1n) is 8.58. The molecule has 0 radical (unpaired) electrons. The molecule has 0 amide bonds. The fraction of sp³-hybridized carbons (Fsp3) is 0.238. The van der Waals surface area contributed by atoms with Crippen molar-refractivity contribution in [2.75, 3.05) is 38.7 Å². The molecule has 28 heavy (non-hydrogen) atoms. The van der Waals surface area contributed by atoms with Crippen LogP contribution in [0.25, 0.3) is 11.1 Å². The third-order valence-electron chi connectivity index (χ3n) is 4.41. The smallest absolute Gasteiger partial charge is 0.355 e. The molecule has 0 fully saturated rings. The summed E-state index contributed by atoms with van der Waals surface area (Å²) in [6.45, 7) is 0.114. The molecular weight excluding hydrogens is 378 g/mol. The van der Waals surface area contributed by atoms with Crippen molar-refractivity contribution in [1.29, 1.82) is 0 Å². The summed E-state index contributed by atoms with van der Waals surface area (Å²) in [4.78, 5) is 27.4. The van der Waals surface area contributed by atoms with Crippen molar-refractivity contribution < 1.29 is 23.8 Å². The summed E-state index contributed by atoms with van der Waals surface area (Å²) in [6.07, 6.45) is 2.03. The molecule has 0 unspecified atom stereocenters. The molecule has 0 atom stereocenters. The normalized spacial score (nSPS) is 14.0. The molecular formula is C21H21NO5S. The standard InChI is InChI=1S/C21H21NO5S/c1-25-20(23)18-12-27-13-22(19(18)21(24)26-2)16-6-4-5-15(11-16)14-7-9-17(28-3)10-8-14/h4-11H,12-13H2,1-3H3. The number of carbonyl (C=O) groups excluding carboxylic acids is 2. The number of carbonyl (C=O) groups is 2. The molecule has 6 nitrogen and oxygen atoms in total. The van der Waals surface area contributed by atoms with Crippen molar-refractivity contribution in [3.8, 4) is 11.1 Å². The molecule has 1 aliphatic rings. The summed E-state index contributed by atoms with van der Waals surface area (Å²) < 4.78 is 15.2. The molecule has 0 saturated heterocycles. The second-order valence-corrected chi connectivity index (χ2v) is 6.87. The lowest BCUT2D eigenvalue weighted by Crippen LogP contribution is -2.38. The monoisotopic (exact) mass is 399 g/mol. The summed E-state index contributed by atoms with van der Waals surface area (Å²) in [6, 6.07) is 15.9. The lowest BCUT2D eigenvalue weighted by molar-refractivity contribution is -0.140. The quantitative estimate of drug-likeness (QED) is 0.563. The van der Waals surface area contributed by atoms with Crippen LogP contribution in [-0.4, -0.2) is 45.8 Å². The Morgan fingerprint density at radius 1 is 1.00 bits per heavy atom. The van der Waals surface area contributed by atoms with Crippen molar-refractivity contribution in [3.05, 3.63) is 59.8 Å². The van der Waals surface area contributed by atoms with E-state index < -0.39 is 11.9 Å². The Bertz CT molecular complexity index is 907. The number of methoxy groups -OCH3 is 2. The molecule has 0 N–H and O–H groups in total. The van der Waals surface area contributed by atoms with E-state index >= 15 is 0 Å². The fourth-order valence-electron chi connectivity index (χ4n) is 2.98. The number of esters is 2. The summed E-state index contributed by atoms with van der Waals surface area (Å²) in [5.74, 6) is -1.23. The highest BCUT2D eigenvalue weighted by atomic mass is 32.2. The van der Waals surface area contributed by atoms with Gasteiger partial charge in [-0.2, -0.15) is 0 Å². The predicted molar refractivity (Wildman–Crippen MR) is 108 cm³/mol. The number of hydrogen-bond donors (Lipinski definition) is 0. The molecule has 1 aliphatic heterocycles. The molecule has 1 heterocycles. The first-order chi connectivity index (χ1) is 13.6. The van der Waals surface area contributed by atoms with Crippen LogP contribution < -0.4 is 4.90 Å². The minimum Gasteiger partial charge on any atom is -0.466 e. The molecule has 7 heteroatoms. The van der Waals surface area contributed by atoms with Crippen molar-refractivity contribution in [1.82, 2.24) is 0 Å². The second kappa shape index (κ2) is 8.95. The van der Waals surface area contributed by atoms with Crippen LogP contribution in [-0.2, 0) is 23.8 Å². The van der Waals surface area contributed by atoms with Gasteiger partial charge in [0, 0.05) is 10.6 Å². The SMILES string of the molecule is COC(=O)C1=C(C(=O)OC)N(c2cccc(-c3ccc(SC)cc3)c2)COC1. The maximum Gasteiger partial charge on any atom is 0.355 e. The third-order valence-corrected chi connectivity index (χ3v) is 5.16. The van der Waals surface area contributed by atoms with Gasteiger partial charge in [0.1, 0.15) is 12.4 Å². The Balaban J connectivity index is 2.03. The van der Waals surface area contributed by atoms with Gasteiger partial charge in [0.25, 0.3) is 0 Å². The van der Waals surface area contributed by atoms with Gasteiger partial charge < -0.3 is 19.1 Å². The highest BCUT2D eigenvalue weighted by Crippen LogP contribution is 2.31. The lowest BCUT2D eigenvalue weighted by atomic mass is 10.0. The van der Waals surface area contributed by atoms with Gasteiger partial charge in [-0.1, -0.05) is 24.3 Å². The maximum atomic E-state index is 12.4. The van der Waals surface area contributed by atoms with Gasteiger partial charge in [-0.15, -0.1) is 11.8 Å². The molecule has 0 saturated carbocycles. The van der Waals surface area contributed by atoms with Crippen molar-refractivity contribution in [3.63, 3.8) is 0 Å². The summed E-state index contributed by atoms with van der Waals surface area (Å²) in [5.41, 5.74) is 3.02. The molecule has 2 aromatic carbocycles. The van der Waals surface area contributed by atoms with Gasteiger partial charge in [-0.25, -0.2) is 9.59 Å². The maximum absolute atomic E-state index is 12.4. The zero-order chi connectivity index (χ0) is 20.1. The zero-order valence-electron chi connectivity index (χ0n) is 15.9. The molecule has 0 aliphatic carbocycles. The summed E-state index contributed by atoms with van der Waals surface area (Å²) in [7, 11) is 2.55. The number of ether oxygens (including phenoxy) is 3. The Labute approximate surface area is 168 Å². The molecule has 0 bridgehead atoms. The van der Waals surface area contributed by atoms with E-state index in [0.29, 0.717) is 5.69 Å². The van der Waals surface area contributed by atoms with Gasteiger partial charge in [0.15, 0.2) is 0 Å². The van der Waals surface area contributed by atoms with E-state index in [1.165, 1.54) is 19.1 Å². The van der Waals surface area contributed by atoms with Crippen molar-refractivity contribution in [2.45, 2.75) is 4.90 Å². The van der Waals surface area contributed by atoms with Crippen molar-refractivity contribution >= 4 is 29.4 Å². The zero-order valence-corrected chi connectivity index (χ0v) is 16.7. The number of thioether (sulfide) groups is 1. The summed E-state index contributed by atoms with van der Waals surface area (Å²) in [5, 5.41) is 0. The van der Waals surface area contributed by atoms with E-state index in [2.05, 4.69) is 24.3 Å². The van der Waals surface area contributed by atoms with Crippen LogP contribution in [0.3, 0.4) is 0 Å². The van der Waals surface area contributed by atoms with Crippen LogP contribution in [0.2, 0.25) is 0 Å². The van der Waals surface area contributed by atoms with E-state index in [1.54, 1.807) is 16.7 Å². The Hall–Kier alpha value is -2.77. The minimum atomic E-state index is -0.617. The van der Waals surface area contributed by atoms with Crippen LogP contribution >= 0.6 is 11.8 Å². The Kier molecular flexibility index (Phi) is 6.38. The first kappa shape index (κ1) is 20.0. The minimum absolute atomic E-state index is 0.0105. The molecule has 0 spiro atoms. The number of hydrogen-bond acceptors (Lipinski definition) is 7. The topological polar surface area (TPSA) is 65.1 Å². The number of rotatable bonds is 5. The molecule has 3 rings (SSSR count). The van der Waals surface area contributed by atoms with Crippen LogP contribution in [0.1, 0.15) is 0 Å². The number of nitrogens with zero attached hydrogens (tertiary/aromatic N) is 1. The third kappa shape index (κ3) is 4.05. The van der Waals surface area contributed by atoms with Gasteiger partial charge in [-0.05, 0) is 41.6 Å². The van der Waals surface area contributed by atoms with Crippen molar-refractivity contribution in [2.24, 2.45) is 0 Å². The Morgan fingerprint density at radius 3 is 2.36 bits per heavy atom. The lowest BCUT2D eigenvalue weighted by Gasteiger charge is -2.31. The average Bonchev–Trinajstić information content (AvgIpc) is 2.77. The number of anilines is 1. The van der Waals surface area contributed by atoms with Gasteiger partial charge in [-0.3, -0.25) is 0 Å². The molecule has 2 aromatic rings. The van der Waals surface area contributed by atoms with Gasteiger partial charge in [0.2, 0.25) is 0 Å². The highest BCUT2D eigenvalue weighted by Gasteiger charge is 2.32. The molecule has 146 valence electrons. The fourth-order valence-corrected chi connectivity index (χ4v) is 3.39. The second-order valence-electron chi connectivity index (χ2n) is 5.99. The van der Waals surface area contributed by atoms with E-state index in [-0.39, 0.29) is 24.6 Å². The van der Waals surface area contributed by atoms with E-state index in [1.807, 2.05) is 30.5 Å². The number of benzene rings is 2. The van der Waals surface area contributed by atoms with Crippen LogP contribution in [0.15, 0.2) is 64.7 Å². The first-order valence-corrected chi connectivity index (χ1v) is 9.81. The highest BCUT2D eigenvalue weighted by molar-refractivity contribution is 7.98. The van der Waals surface area contributed by atoms with Gasteiger partial charge >= 0.3 is 11.9 Å². The van der Waals surface area contributed by atoms with Crippen LogP contribution in [0, 0.1) is 0 Å². The van der Waals surface area contributed by atoms with E-state index in [4.69, 9.17) is 14.2 Å². The predicted octanol–water partition coefficient (Wildman–Crippen LogP) is 3.47. The van der Waals surface area contributed by atoms with Crippen LogP contribution in [0.4, 0.5) is 5.69 Å². The summed E-state index contributed by atoms with van der Waals surface area (Å²) >= 11 is 1.68. The van der Waals surface area contributed by atoms with Crippen LogP contribution in [0.5, 0.6) is 0 Å².